The fourth-order valence-electron chi connectivity index (χ4n) is 1.81. The van der Waals surface area contributed by atoms with Gasteiger partial charge in [-0.2, -0.15) is 0 Å². The Balaban J connectivity index is 1.91. The lowest BCUT2D eigenvalue weighted by molar-refractivity contribution is 0.259. The molecular formula is C14H11N5OS. The second-order valence-electron chi connectivity index (χ2n) is 4.11. The molecule has 0 saturated carbocycles. The molecule has 104 valence electrons. The minimum atomic E-state index is -0.314. The van der Waals surface area contributed by atoms with E-state index in [9.17, 15) is 4.79 Å². The molecule has 1 heterocycles. The standard InChI is InChI=1S/C14H11N5OS/c20-13(15-11-7-3-1-4-8-11)19(14-16-17-18-21-14)12-9-5-2-6-10-12/h1-10H,(H,15,20). The molecule has 2 aromatic carbocycles. The van der Waals surface area contributed by atoms with Crippen LogP contribution in [0.4, 0.5) is 21.3 Å². The average Bonchev–Trinajstić information content (AvgIpc) is 3.03. The van der Waals surface area contributed by atoms with Crippen molar-refractivity contribution in [2.45, 2.75) is 0 Å². The molecule has 0 bridgehead atoms. The molecule has 0 aliphatic rings. The number of amides is 2. The van der Waals surface area contributed by atoms with E-state index < -0.39 is 0 Å². The largest absolute Gasteiger partial charge is 0.332 e. The Hall–Kier alpha value is -2.80. The van der Waals surface area contributed by atoms with Crippen LogP contribution in [-0.4, -0.2) is 20.8 Å². The molecule has 0 atom stereocenters. The summed E-state index contributed by atoms with van der Waals surface area (Å²) in [7, 11) is 0. The molecule has 0 radical (unpaired) electrons. The quantitative estimate of drug-likeness (QED) is 0.805. The monoisotopic (exact) mass is 297 g/mol. The van der Waals surface area contributed by atoms with E-state index in [1.165, 1.54) is 4.90 Å². The Bertz CT molecular complexity index is 703. The van der Waals surface area contributed by atoms with Gasteiger partial charge in [-0.05, 0) is 29.5 Å². The van der Waals surface area contributed by atoms with Crippen LogP contribution in [0.5, 0.6) is 0 Å². The van der Waals surface area contributed by atoms with E-state index in [2.05, 4.69) is 20.1 Å². The summed E-state index contributed by atoms with van der Waals surface area (Å²) >= 11 is 1.06. The van der Waals surface area contributed by atoms with Crippen molar-refractivity contribution < 1.29 is 4.79 Å². The highest BCUT2D eigenvalue weighted by Gasteiger charge is 2.21. The first kappa shape index (κ1) is 13.2. The number of nitrogens with one attached hydrogen (secondary N) is 1. The highest BCUT2D eigenvalue weighted by Crippen LogP contribution is 2.26. The normalized spacial score (nSPS) is 10.1. The molecule has 21 heavy (non-hydrogen) atoms. The Labute approximate surface area is 125 Å². The smallest absolute Gasteiger partial charge is 0.307 e. The summed E-state index contributed by atoms with van der Waals surface area (Å²) in [5.41, 5.74) is 1.41. The molecule has 7 heteroatoms. The molecule has 6 nitrogen and oxygen atoms in total. The molecular weight excluding hydrogens is 286 g/mol. The number of aromatic nitrogens is 3. The molecule has 1 aromatic heterocycles. The van der Waals surface area contributed by atoms with Crippen LogP contribution >= 0.6 is 11.5 Å². The number of urea groups is 1. The maximum Gasteiger partial charge on any atom is 0.332 e. The summed E-state index contributed by atoms with van der Waals surface area (Å²) in [5, 5.41) is 10.7. The van der Waals surface area contributed by atoms with Crippen LogP contribution in [0, 0.1) is 0 Å². The van der Waals surface area contributed by atoms with Gasteiger partial charge in [-0.25, -0.2) is 9.69 Å². The molecule has 2 amide bonds. The van der Waals surface area contributed by atoms with Crippen LogP contribution in [0.2, 0.25) is 0 Å². The third kappa shape index (κ3) is 3.03. The Morgan fingerprint density at radius 3 is 2.29 bits per heavy atom. The highest BCUT2D eigenvalue weighted by molar-refractivity contribution is 7.09. The van der Waals surface area contributed by atoms with Gasteiger partial charge in [-0.3, -0.25) is 0 Å². The molecule has 3 rings (SSSR count). The number of benzene rings is 2. The summed E-state index contributed by atoms with van der Waals surface area (Å²) in [4.78, 5) is 14.0. The molecule has 0 fully saturated rings. The molecule has 0 aliphatic carbocycles. The third-order valence-corrected chi connectivity index (χ3v) is 3.31. The van der Waals surface area contributed by atoms with Gasteiger partial charge in [0, 0.05) is 17.2 Å². The van der Waals surface area contributed by atoms with Crippen LogP contribution in [-0.2, 0) is 0 Å². The van der Waals surface area contributed by atoms with Gasteiger partial charge in [0.15, 0.2) is 0 Å². The van der Waals surface area contributed by atoms with E-state index in [1.807, 2.05) is 60.7 Å². The summed E-state index contributed by atoms with van der Waals surface area (Å²) in [6.45, 7) is 0. The fraction of sp³-hybridized carbons (Fsp3) is 0. The second-order valence-corrected chi connectivity index (χ2v) is 4.82. The van der Waals surface area contributed by atoms with E-state index >= 15 is 0 Å². The lowest BCUT2D eigenvalue weighted by atomic mass is 10.3. The van der Waals surface area contributed by atoms with E-state index in [0.29, 0.717) is 16.5 Å². The van der Waals surface area contributed by atoms with E-state index in [4.69, 9.17) is 0 Å². The van der Waals surface area contributed by atoms with E-state index in [0.717, 1.165) is 11.5 Å². The first-order chi connectivity index (χ1) is 10.3. The fourth-order valence-corrected chi connectivity index (χ4v) is 2.30. The molecule has 3 aromatic rings. The van der Waals surface area contributed by atoms with E-state index in [-0.39, 0.29) is 6.03 Å². The highest BCUT2D eigenvalue weighted by atomic mass is 32.1. The van der Waals surface area contributed by atoms with Crippen LogP contribution in [0.3, 0.4) is 0 Å². The van der Waals surface area contributed by atoms with E-state index in [1.54, 1.807) is 0 Å². The van der Waals surface area contributed by atoms with Gasteiger partial charge in [0.2, 0.25) is 5.13 Å². The van der Waals surface area contributed by atoms with Crippen LogP contribution < -0.4 is 10.2 Å². The number of carbonyl (C=O) groups excluding carboxylic acids is 1. The second kappa shape index (κ2) is 6.10. The number of para-hydroxylation sites is 2. The first-order valence-electron chi connectivity index (χ1n) is 6.21. The Morgan fingerprint density at radius 1 is 1.00 bits per heavy atom. The topological polar surface area (TPSA) is 71.0 Å². The van der Waals surface area contributed by atoms with Gasteiger partial charge in [0.1, 0.15) is 0 Å². The predicted octanol–water partition coefficient (Wildman–Crippen LogP) is 3.30. The van der Waals surface area contributed by atoms with Crippen molar-refractivity contribution in [1.29, 1.82) is 0 Å². The number of carbonyl (C=O) groups is 1. The first-order valence-corrected chi connectivity index (χ1v) is 6.98. The molecule has 0 saturated heterocycles. The maximum atomic E-state index is 12.5. The molecule has 0 aliphatic heterocycles. The van der Waals surface area contributed by atoms with Gasteiger partial charge in [0.05, 0.1) is 5.69 Å². The summed E-state index contributed by atoms with van der Waals surface area (Å²) in [6.07, 6.45) is 0. The Kier molecular flexibility index (Phi) is 3.83. The minimum Gasteiger partial charge on any atom is -0.307 e. The van der Waals surface area contributed by atoms with Gasteiger partial charge >= 0.3 is 6.03 Å². The SMILES string of the molecule is O=C(Nc1ccccc1)N(c1ccccc1)c1nnns1. The number of anilines is 3. The molecule has 0 unspecified atom stereocenters. The molecule has 1 N–H and O–H groups in total. The van der Waals surface area contributed by atoms with Crippen molar-refractivity contribution in [1.82, 2.24) is 14.8 Å². The predicted molar refractivity (Wildman–Crippen MR) is 81.7 cm³/mol. The maximum absolute atomic E-state index is 12.5. The number of rotatable bonds is 3. The average molecular weight is 297 g/mol. The Morgan fingerprint density at radius 2 is 1.67 bits per heavy atom. The van der Waals surface area contributed by atoms with Gasteiger partial charge < -0.3 is 5.32 Å². The van der Waals surface area contributed by atoms with Gasteiger partial charge in [-0.1, -0.05) is 46.0 Å². The van der Waals surface area contributed by atoms with Crippen molar-refractivity contribution in [2.24, 2.45) is 0 Å². The van der Waals surface area contributed by atoms with Crippen LogP contribution in [0.15, 0.2) is 60.7 Å². The van der Waals surface area contributed by atoms with Crippen molar-refractivity contribution in [3.63, 3.8) is 0 Å². The number of hydrogen-bond donors (Lipinski definition) is 1. The zero-order valence-corrected chi connectivity index (χ0v) is 11.7. The lowest BCUT2D eigenvalue weighted by Crippen LogP contribution is -2.30. The number of hydrogen-bond acceptors (Lipinski definition) is 5. The number of nitrogens with zero attached hydrogens (tertiary/aromatic N) is 4. The van der Waals surface area contributed by atoms with Crippen LogP contribution in [0.1, 0.15) is 0 Å². The lowest BCUT2D eigenvalue weighted by Gasteiger charge is -2.19. The zero-order chi connectivity index (χ0) is 14.5. The van der Waals surface area contributed by atoms with Crippen LogP contribution in [0.25, 0.3) is 0 Å². The molecule has 0 spiro atoms. The minimum absolute atomic E-state index is 0.314. The third-order valence-electron chi connectivity index (χ3n) is 2.72. The summed E-state index contributed by atoms with van der Waals surface area (Å²) in [6, 6.07) is 18.2. The summed E-state index contributed by atoms with van der Waals surface area (Å²) < 4.78 is 3.72. The van der Waals surface area contributed by atoms with Crippen molar-refractivity contribution in [3.8, 4) is 0 Å². The van der Waals surface area contributed by atoms with Gasteiger partial charge in [0.25, 0.3) is 0 Å². The van der Waals surface area contributed by atoms with Crippen molar-refractivity contribution in [2.75, 3.05) is 10.2 Å². The van der Waals surface area contributed by atoms with Crippen molar-refractivity contribution >= 4 is 34.1 Å². The van der Waals surface area contributed by atoms with Crippen molar-refractivity contribution in [3.05, 3.63) is 60.7 Å². The zero-order valence-electron chi connectivity index (χ0n) is 10.9. The summed E-state index contributed by atoms with van der Waals surface area (Å²) in [5.74, 6) is 0. The van der Waals surface area contributed by atoms with Gasteiger partial charge in [-0.15, -0.1) is 0 Å².